The number of nitrogens with zero attached hydrogens (tertiary/aromatic N) is 1. The lowest BCUT2D eigenvalue weighted by molar-refractivity contribution is -0.116. The molecule has 28 heavy (non-hydrogen) atoms. The highest BCUT2D eigenvalue weighted by Gasteiger charge is 2.20. The van der Waals surface area contributed by atoms with E-state index in [2.05, 4.69) is 15.6 Å². The highest BCUT2D eigenvalue weighted by atomic mass is 35.5. The summed E-state index contributed by atoms with van der Waals surface area (Å²) in [7, 11) is 0. The molecule has 0 aliphatic rings. The quantitative estimate of drug-likeness (QED) is 0.537. The summed E-state index contributed by atoms with van der Waals surface area (Å²) >= 11 is 7.54. The second-order valence-corrected chi connectivity index (χ2v) is 7.35. The molecule has 0 saturated carbocycles. The van der Waals surface area contributed by atoms with Crippen LogP contribution >= 0.6 is 22.9 Å². The molecule has 1 aromatic heterocycles. The highest BCUT2D eigenvalue weighted by Crippen LogP contribution is 2.30. The molecule has 1 atom stereocenters. The number of rotatable bonds is 7. The van der Waals surface area contributed by atoms with E-state index in [0.29, 0.717) is 22.3 Å². The lowest BCUT2D eigenvalue weighted by Gasteiger charge is -2.18. The summed E-state index contributed by atoms with van der Waals surface area (Å²) in [5.41, 5.74) is 6.63. The molecule has 146 valence electrons. The number of carbonyl (C=O) groups excluding carboxylic acids is 2. The summed E-state index contributed by atoms with van der Waals surface area (Å²) in [6.45, 7) is 2.49. The van der Waals surface area contributed by atoms with E-state index < -0.39 is 12.1 Å². The van der Waals surface area contributed by atoms with Gasteiger partial charge in [0.05, 0.1) is 29.3 Å². The van der Waals surface area contributed by atoms with Crippen molar-refractivity contribution in [2.24, 2.45) is 5.73 Å². The maximum Gasteiger partial charge on any atom is 0.312 e. The predicted molar refractivity (Wildman–Crippen MR) is 111 cm³/mol. The number of amides is 3. The van der Waals surface area contributed by atoms with E-state index in [1.54, 1.807) is 24.3 Å². The van der Waals surface area contributed by atoms with Crippen molar-refractivity contribution in [2.75, 3.05) is 11.9 Å². The number of ether oxygens (including phenoxy) is 1. The van der Waals surface area contributed by atoms with Gasteiger partial charge < -0.3 is 21.1 Å². The van der Waals surface area contributed by atoms with E-state index >= 15 is 0 Å². The molecule has 4 N–H and O–H groups in total. The number of primary amides is 1. The maximum atomic E-state index is 12.5. The van der Waals surface area contributed by atoms with E-state index in [4.69, 9.17) is 22.1 Å². The molecule has 0 saturated heterocycles. The van der Waals surface area contributed by atoms with Crippen molar-refractivity contribution in [2.45, 2.75) is 19.4 Å². The standard InChI is InChI=1S/C19H19ClN4O3S/c1-2-27-11-7-8-14-16(9-11)28-19(23-14)24-17(25)10-15(22-18(21)26)12-5-3-4-6-13(12)20/h3-9,15H,2,10H2,1H3,(H3,21,22,26)(H,23,24,25)/t15-/m0/s1. The molecule has 0 unspecified atom stereocenters. The molecule has 1 heterocycles. The van der Waals surface area contributed by atoms with Gasteiger partial charge in [-0.1, -0.05) is 41.1 Å². The third kappa shape index (κ3) is 4.90. The van der Waals surface area contributed by atoms with E-state index in [9.17, 15) is 9.59 Å². The number of nitrogens with two attached hydrogens (primary N) is 1. The Morgan fingerprint density at radius 3 is 2.79 bits per heavy atom. The van der Waals surface area contributed by atoms with Gasteiger partial charge in [-0.05, 0) is 36.8 Å². The highest BCUT2D eigenvalue weighted by molar-refractivity contribution is 7.22. The molecule has 0 bridgehead atoms. The molecule has 9 heteroatoms. The van der Waals surface area contributed by atoms with Crippen molar-refractivity contribution in [3.8, 4) is 5.75 Å². The van der Waals surface area contributed by atoms with Crippen LogP contribution in [0.25, 0.3) is 10.2 Å². The average Bonchev–Trinajstić information content (AvgIpc) is 3.02. The number of hydrogen-bond acceptors (Lipinski definition) is 5. The topological polar surface area (TPSA) is 106 Å². The number of nitrogens with one attached hydrogen (secondary N) is 2. The van der Waals surface area contributed by atoms with Crippen LogP contribution in [0.15, 0.2) is 42.5 Å². The monoisotopic (exact) mass is 418 g/mol. The molecule has 0 aliphatic heterocycles. The molecule has 0 radical (unpaired) electrons. The zero-order valence-corrected chi connectivity index (χ0v) is 16.6. The Labute approximate surface area is 170 Å². The third-order valence-corrected chi connectivity index (χ3v) is 5.18. The molecule has 3 rings (SSSR count). The number of thiazole rings is 1. The first-order valence-electron chi connectivity index (χ1n) is 8.60. The van der Waals surface area contributed by atoms with Crippen LogP contribution in [-0.2, 0) is 4.79 Å². The minimum absolute atomic E-state index is 0.0349. The second-order valence-electron chi connectivity index (χ2n) is 5.92. The molecular weight excluding hydrogens is 400 g/mol. The Hall–Kier alpha value is -2.84. The van der Waals surface area contributed by atoms with Crippen LogP contribution in [-0.4, -0.2) is 23.5 Å². The number of benzene rings is 2. The van der Waals surface area contributed by atoms with Gasteiger partial charge in [-0.3, -0.25) is 4.79 Å². The normalized spacial score (nSPS) is 11.8. The predicted octanol–water partition coefficient (Wildman–Crippen LogP) is 4.09. The molecule has 7 nitrogen and oxygen atoms in total. The summed E-state index contributed by atoms with van der Waals surface area (Å²) in [6.07, 6.45) is -0.0349. The smallest absolute Gasteiger partial charge is 0.312 e. The average molecular weight is 419 g/mol. The number of urea groups is 1. The fourth-order valence-electron chi connectivity index (χ4n) is 2.74. The molecule has 0 spiro atoms. The summed E-state index contributed by atoms with van der Waals surface area (Å²) in [4.78, 5) is 28.3. The molecule has 0 aliphatic carbocycles. The molecule has 2 aromatic carbocycles. The largest absolute Gasteiger partial charge is 0.494 e. The van der Waals surface area contributed by atoms with Crippen LogP contribution in [0.3, 0.4) is 0 Å². The Bertz CT molecular complexity index is 1010. The van der Waals surface area contributed by atoms with Crippen molar-refractivity contribution in [3.63, 3.8) is 0 Å². The Balaban J connectivity index is 1.74. The fraction of sp³-hybridized carbons (Fsp3) is 0.211. The minimum Gasteiger partial charge on any atom is -0.494 e. The number of anilines is 1. The van der Waals surface area contributed by atoms with Gasteiger partial charge in [-0.15, -0.1) is 0 Å². The number of halogens is 1. The van der Waals surface area contributed by atoms with Gasteiger partial charge >= 0.3 is 6.03 Å². The van der Waals surface area contributed by atoms with Crippen molar-refractivity contribution >= 4 is 50.2 Å². The van der Waals surface area contributed by atoms with Crippen molar-refractivity contribution in [1.29, 1.82) is 0 Å². The maximum absolute atomic E-state index is 12.5. The lowest BCUT2D eigenvalue weighted by atomic mass is 10.0. The molecular formula is C19H19ClN4O3S. The second kappa shape index (κ2) is 8.90. The van der Waals surface area contributed by atoms with Gasteiger partial charge in [0.15, 0.2) is 5.13 Å². The van der Waals surface area contributed by atoms with Gasteiger partial charge in [-0.2, -0.15) is 0 Å². The van der Waals surface area contributed by atoms with Gasteiger partial charge in [0.1, 0.15) is 5.75 Å². The van der Waals surface area contributed by atoms with E-state index in [0.717, 1.165) is 16.0 Å². The van der Waals surface area contributed by atoms with Gasteiger partial charge in [0.25, 0.3) is 0 Å². The zero-order chi connectivity index (χ0) is 20.1. The van der Waals surface area contributed by atoms with Crippen LogP contribution in [0.1, 0.15) is 24.9 Å². The number of carbonyl (C=O) groups is 2. The zero-order valence-electron chi connectivity index (χ0n) is 15.1. The Kier molecular flexibility index (Phi) is 6.33. The first kappa shape index (κ1) is 19.9. The fourth-order valence-corrected chi connectivity index (χ4v) is 3.92. The van der Waals surface area contributed by atoms with Crippen LogP contribution in [0, 0.1) is 0 Å². The van der Waals surface area contributed by atoms with E-state index in [1.807, 2.05) is 25.1 Å². The van der Waals surface area contributed by atoms with Crippen molar-refractivity contribution in [1.82, 2.24) is 10.3 Å². The number of hydrogen-bond donors (Lipinski definition) is 3. The summed E-state index contributed by atoms with van der Waals surface area (Å²) in [6, 6.07) is 11.1. The molecule has 3 aromatic rings. The van der Waals surface area contributed by atoms with E-state index in [1.165, 1.54) is 11.3 Å². The summed E-state index contributed by atoms with van der Waals surface area (Å²) in [5.74, 6) is 0.434. The first-order valence-corrected chi connectivity index (χ1v) is 9.79. The summed E-state index contributed by atoms with van der Waals surface area (Å²) < 4.78 is 6.38. The van der Waals surface area contributed by atoms with Crippen LogP contribution in [0.4, 0.5) is 9.93 Å². The van der Waals surface area contributed by atoms with E-state index in [-0.39, 0.29) is 12.3 Å². The lowest BCUT2D eigenvalue weighted by Crippen LogP contribution is -2.35. The van der Waals surface area contributed by atoms with Crippen molar-refractivity contribution < 1.29 is 14.3 Å². The summed E-state index contributed by atoms with van der Waals surface area (Å²) in [5, 5.41) is 6.24. The van der Waals surface area contributed by atoms with Crippen LogP contribution in [0.5, 0.6) is 5.75 Å². The minimum atomic E-state index is -0.735. The third-order valence-electron chi connectivity index (χ3n) is 3.90. The first-order chi connectivity index (χ1) is 13.5. The number of fused-ring (bicyclic) bond motifs is 1. The molecule has 0 fully saturated rings. The van der Waals surface area contributed by atoms with Gasteiger partial charge in [-0.25, -0.2) is 9.78 Å². The SMILES string of the molecule is CCOc1ccc2nc(NC(=O)C[C@H](NC(N)=O)c3ccccc3Cl)sc2c1. The van der Waals surface area contributed by atoms with Crippen molar-refractivity contribution in [3.05, 3.63) is 53.1 Å². The van der Waals surface area contributed by atoms with Crippen LogP contribution < -0.4 is 21.1 Å². The van der Waals surface area contributed by atoms with Gasteiger partial charge in [0, 0.05) is 5.02 Å². The Morgan fingerprint density at radius 1 is 1.29 bits per heavy atom. The van der Waals surface area contributed by atoms with Crippen LogP contribution in [0.2, 0.25) is 5.02 Å². The Morgan fingerprint density at radius 2 is 2.07 bits per heavy atom. The van der Waals surface area contributed by atoms with Gasteiger partial charge in [0.2, 0.25) is 5.91 Å². The molecule has 3 amide bonds. The number of aromatic nitrogens is 1.